The summed E-state index contributed by atoms with van der Waals surface area (Å²) in [5.74, 6) is 1.20. The Balaban J connectivity index is 2.28. The van der Waals surface area contributed by atoms with Crippen LogP contribution in [0.1, 0.15) is 25.8 Å². The molecule has 2 aliphatic heterocycles. The van der Waals surface area contributed by atoms with Crippen LogP contribution in [-0.2, 0) is 5.41 Å². The minimum atomic E-state index is -0.0144. The van der Waals surface area contributed by atoms with Gasteiger partial charge in [-0.05, 0) is 29.5 Å². The number of rotatable bonds is 2. The fourth-order valence-corrected chi connectivity index (χ4v) is 3.87. The molecule has 0 bridgehead atoms. The lowest BCUT2D eigenvalue weighted by Crippen LogP contribution is -2.45. The molecule has 2 heterocycles. The van der Waals surface area contributed by atoms with Crippen LogP contribution in [0.4, 0.5) is 5.69 Å². The maximum Gasteiger partial charge on any atom is 0.116 e. The van der Waals surface area contributed by atoms with E-state index in [-0.39, 0.29) is 10.8 Å². The molecule has 1 saturated heterocycles. The van der Waals surface area contributed by atoms with E-state index in [0.29, 0.717) is 0 Å². The van der Waals surface area contributed by atoms with Crippen LogP contribution in [0, 0.1) is 5.41 Å². The molecule has 0 aliphatic carbocycles. The lowest BCUT2D eigenvalue weighted by molar-refractivity contribution is 0.310. The molecule has 0 saturated carbocycles. The van der Waals surface area contributed by atoms with Crippen LogP contribution in [0.25, 0.3) is 0 Å². The molecule has 1 aromatic carbocycles. The van der Waals surface area contributed by atoms with Crippen molar-refractivity contribution in [2.24, 2.45) is 10.4 Å². The third kappa shape index (κ3) is 1.51. The highest BCUT2D eigenvalue weighted by molar-refractivity contribution is 9.10. The normalized spacial score (nSPS) is 25.1. The number of amidine groups is 1. The summed E-state index contributed by atoms with van der Waals surface area (Å²) in [5.41, 5.74) is 2.43. The number of hydrogen-bond donors (Lipinski definition) is 0. The quantitative estimate of drug-likeness (QED) is 0.743. The molecule has 0 spiro atoms. The molecule has 1 unspecified atom stereocenters. The molecule has 1 fully saturated rings. The Morgan fingerprint density at radius 3 is 2.89 bits per heavy atom. The van der Waals surface area contributed by atoms with Gasteiger partial charge >= 0.3 is 0 Å². The van der Waals surface area contributed by atoms with Crippen molar-refractivity contribution in [2.75, 3.05) is 13.6 Å². The molecule has 1 aromatic rings. The topological polar surface area (TPSA) is 15.6 Å². The largest absolute Gasteiger partial charge is 0.362 e. The molecule has 2 nitrogen and oxygen atoms in total. The molecule has 0 aromatic heterocycles. The average Bonchev–Trinajstić information content (AvgIpc) is 2.86. The summed E-state index contributed by atoms with van der Waals surface area (Å²) in [6.45, 7) is 9.67. The highest BCUT2D eigenvalue weighted by Crippen LogP contribution is 2.56. The van der Waals surface area contributed by atoms with E-state index >= 15 is 0 Å². The predicted octanol–water partition coefficient (Wildman–Crippen LogP) is 4.28. The maximum atomic E-state index is 4.91. The molecule has 19 heavy (non-hydrogen) atoms. The average molecular weight is 319 g/mol. The van der Waals surface area contributed by atoms with Crippen molar-refractivity contribution in [3.8, 4) is 0 Å². The SMILES string of the molecule is C=CC(C)(C)C12CCN(C)C1=Nc1cc(Br)ccc12. The van der Waals surface area contributed by atoms with Gasteiger partial charge in [-0.2, -0.15) is 0 Å². The zero-order valence-corrected chi connectivity index (χ0v) is 13.3. The minimum absolute atomic E-state index is 0.00429. The van der Waals surface area contributed by atoms with Gasteiger partial charge in [0.25, 0.3) is 0 Å². The minimum Gasteiger partial charge on any atom is -0.362 e. The summed E-state index contributed by atoms with van der Waals surface area (Å²) >= 11 is 3.54. The second-order valence-electron chi connectivity index (χ2n) is 6.10. The van der Waals surface area contributed by atoms with Crippen molar-refractivity contribution >= 4 is 27.5 Å². The number of aliphatic imine (C=N–C) groups is 1. The summed E-state index contributed by atoms with van der Waals surface area (Å²) in [7, 11) is 2.14. The van der Waals surface area contributed by atoms with Crippen LogP contribution in [0.2, 0.25) is 0 Å². The first-order valence-electron chi connectivity index (χ1n) is 6.66. The van der Waals surface area contributed by atoms with Crippen molar-refractivity contribution in [3.05, 3.63) is 40.9 Å². The third-order valence-electron chi connectivity index (χ3n) is 4.82. The number of fused-ring (bicyclic) bond motifs is 3. The Labute approximate surface area is 123 Å². The van der Waals surface area contributed by atoms with Gasteiger partial charge < -0.3 is 4.90 Å². The Morgan fingerprint density at radius 2 is 2.21 bits per heavy atom. The number of benzene rings is 1. The van der Waals surface area contributed by atoms with E-state index in [4.69, 9.17) is 4.99 Å². The first-order valence-corrected chi connectivity index (χ1v) is 7.45. The second-order valence-corrected chi connectivity index (χ2v) is 7.02. The van der Waals surface area contributed by atoms with Gasteiger partial charge in [0.1, 0.15) is 5.84 Å². The van der Waals surface area contributed by atoms with Crippen molar-refractivity contribution in [1.82, 2.24) is 4.90 Å². The Bertz CT molecular complexity index is 588. The molecule has 3 heteroatoms. The van der Waals surface area contributed by atoms with Crippen molar-refractivity contribution < 1.29 is 0 Å². The number of likely N-dealkylation sites (tertiary alicyclic amines) is 1. The number of nitrogens with zero attached hydrogens (tertiary/aromatic N) is 2. The van der Waals surface area contributed by atoms with Gasteiger partial charge in [-0.1, -0.05) is 41.9 Å². The van der Waals surface area contributed by atoms with Crippen LogP contribution in [-0.4, -0.2) is 24.3 Å². The summed E-state index contributed by atoms with van der Waals surface area (Å²) in [4.78, 5) is 7.20. The Kier molecular flexibility index (Phi) is 2.69. The van der Waals surface area contributed by atoms with Crippen molar-refractivity contribution in [2.45, 2.75) is 25.7 Å². The van der Waals surface area contributed by atoms with Crippen LogP contribution in [0.15, 0.2) is 40.3 Å². The zero-order chi connectivity index (χ0) is 13.8. The van der Waals surface area contributed by atoms with E-state index in [1.807, 2.05) is 0 Å². The lowest BCUT2D eigenvalue weighted by Gasteiger charge is -2.40. The van der Waals surface area contributed by atoms with Gasteiger partial charge in [-0.15, -0.1) is 6.58 Å². The number of hydrogen-bond acceptors (Lipinski definition) is 2. The maximum absolute atomic E-state index is 4.91. The molecular formula is C16H19BrN2. The first kappa shape index (κ1) is 12.9. The van der Waals surface area contributed by atoms with Crippen LogP contribution in [0.5, 0.6) is 0 Å². The van der Waals surface area contributed by atoms with E-state index in [1.165, 1.54) is 11.4 Å². The van der Waals surface area contributed by atoms with Gasteiger partial charge in [0, 0.05) is 18.1 Å². The molecule has 0 amide bonds. The molecular weight excluding hydrogens is 300 g/mol. The molecule has 0 radical (unpaired) electrons. The third-order valence-corrected chi connectivity index (χ3v) is 5.31. The summed E-state index contributed by atoms with van der Waals surface area (Å²) in [6, 6.07) is 6.46. The van der Waals surface area contributed by atoms with Crippen molar-refractivity contribution in [1.29, 1.82) is 0 Å². The van der Waals surface area contributed by atoms with Gasteiger partial charge in [-0.25, -0.2) is 4.99 Å². The van der Waals surface area contributed by atoms with E-state index in [0.717, 1.165) is 23.1 Å². The van der Waals surface area contributed by atoms with Gasteiger partial charge in [0.15, 0.2) is 0 Å². The highest BCUT2D eigenvalue weighted by Gasteiger charge is 2.56. The second kappa shape index (κ2) is 3.95. The standard InChI is InChI=1S/C16H19BrN2/c1-5-15(2,3)16-8-9-19(4)14(16)18-13-10-11(17)6-7-12(13)16/h5-7,10H,1,8-9H2,2-4H3. The van der Waals surface area contributed by atoms with E-state index in [1.54, 1.807) is 0 Å². The summed E-state index contributed by atoms with van der Waals surface area (Å²) in [6.07, 6.45) is 3.19. The molecule has 3 rings (SSSR count). The zero-order valence-electron chi connectivity index (χ0n) is 11.7. The smallest absolute Gasteiger partial charge is 0.116 e. The van der Waals surface area contributed by atoms with Crippen molar-refractivity contribution in [3.63, 3.8) is 0 Å². The van der Waals surface area contributed by atoms with Crippen LogP contribution in [0.3, 0.4) is 0 Å². The highest BCUT2D eigenvalue weighted by atomic mass is 79.9. The van der Waals surface area contributed by atoms with Gasteiger partial charge in [-0.3, -0.25) is 0 Å². The first-order chi connectivity index (χ1) is 8.92. The Morgan fingerprint density at radius 1 is 1.47 bits per heavy atom. The van der Waals surface area contributed by atoms with Crippen LogP contribution < -0.4 is 0 Å². The fourth-order valence-electron chi connectivity index (χ4n) is 3.52. The van der Waals surface area contributed by atoms with E-state index in [2.05, 4.69) is 72.6 Å². The van der Waals surface area contributed by atoms with Gasteiger partial charge in [0.2, 0.25) is 0 Å². The van der Waals surface area contributed by atoms with E-state index < -0.39 is 0 Å². The lowest BCUT2D eigenvalue weighted by atomic mass is 9.61. The monoisotopic (exact) mass is 318 g/mol. The van der Waals surface area contributed by atoms with Gasteiger partial charge in [0.05, 0.1) is 11.1 Å². The molecule has 100 valence electrons. The summed E-state index contributed by atoms with van der Waals surface area (Å²) < 4.78 is 1.09. The van der Waals surface area contributed by atoms with E-state index in [9.17, 15) is 0 Å². The number of halogens is 1. The number of likely N-dealkylation sites (N-methyl/N-ethyl adjacent to an activating group) is 1. The Hall–Kier alpha value is -1.09. The van der Waals surface area contributed by atoms with Crippen LogP contribution >= 0.6 is 15.9 Å². The fraction of sp³-hybridized carbons (Fsp3) is 0.438. The predicted molar refractivity (Wildman–Crippen MR) is 84.1 cm³/mol. The number of allylic oxidation sites excluding steroid dienone is 1. The molecule has 2 aliphatic rings. The molecule has 0 N–H and O–H groups in total. The summed E-state index contributed by atoms with van der Waals surface area (Å²) in [5, 5.41) is 0. The molecule has 1 atom stereocenters.